The number of anilines is 2. The highest BCUT2D eigenvalue weighted by Crippen LogP contribution is 2.27. The van der Waals surface area contributed by atoms with Gasteiger partial charge in [-0.15, -0.1) is 10.2 Å². The third-order valence-electron chi connectivity index (χ3n) is 3.39. The second kappa shape index (κ2) is 5.20. The van der Waals surface area contributed by atoms with Gasteiger partial charge in [0.2, 0.25) is 5.95 Å². The minimum Gasteiger partial charge on any atom is -0.466 e. The maximum absolute atomic E-state index is 11.7. The van der Waals surface area contributed by atoms with Crippen LogP contribution in [0.2, 0.25) is 0 Å². The van der Waals surface area contributed by atoms with Gasteiger partial charge in [-0.2, -0.15) is 0 Å². The quantitative estimate of drug-likeness (QED) is 0.692. The van der Waals surface area contributed by atoms with Crippen LogP contribution in [0, 0.1) is 0 Å². The number of hydrogen-bond donors (Lipinski definition) is 2. The Labute approximate surface area is 130 Å². The number of para-hydroxylation sites is 2. The van der Waals surface area contributed by atoms with E-state index in [-0.39, 0.29) is 12.4 Å². The second-order valence-electron chi connectivity index (χ2n) is 4.89. The Morgan fingerprint density at radius 1 is 1.17 bits per heavy atom. The van der Waals surface area contributed by atoms with Crippen LogP contribution in [0.4, 0.5) is 11.8 Å². The van der Waals surface area contributed by atoms with Gasteiger partial charge in [0.1, 0.15) is 6.42 Å². The van der Waals surface area contributed by atoms with Crippen molar-refractivity contribution in [2.24, 2.45) is 0 Å². The molecule has 0 atom stereocenters. The fraction of sp³-hybridized carbons (Fsp3) is 0.214. The normalized spacial score (nSPS) is 12.0. The van der Waals surface area contributed by atoms with Gasteiger partial charge in [-0.3, -0.25) is 15.6 Å². The fourth-order valence-corrected chi connectivity index (χ4v) is 2.42. The van der Waals surface area contributed by atoms with Gasteiger partial charge in [0.05, 0.1) is 17.6 Å². The Hall–Kier alpha value is -3.23. The minimum atomic E-state index is -0.364. The Kier molecular flexibility index (Phi) is 3.04. The van der Waals surface area contributed by atoms with Gasteiger partial charge in [-0.25, -0.2) is 14.5 Å². The molecule has 9 heteroatoms. The van der Waals surface area contributed by atoms with E-state index in [4.69, 9.17) is 4.74 Å². The Bertz CT molecular complexity index is 905. The standard InChI is InChI=1S/C14H13N7O2/c1-2-23-11(22)7-10-17-19-14-20-18-12-13(21(10)14)16-9-6-4-3-5-8(9)15-12/h3-6H,2,7H2,1H3,(H,15,18)(H,19,20). The van der Waals surface area contributed by atoms with Crippen LogP contribution in [-0.4, -0.2) is 37.3 Å². The number of rotatable bonds is 3. The molecule has 1 aromatic carbocycles. The summed E-state index contributed by atoms with van der Waals surface area (Å²) in [4.78, 5) is 20.9. The van der Waals surface area contributed by atoms with Crippen molar-refractivity contribution in [2.75, 3.05) is 17.5 Å². The van der Waals surface area contributed by atoms with Crippen molar-refractivity contribution in [3.8, 4) is 5.82 Å². The van der Waals surface area contributed by atoms with E-state index < -0.39 is 0 Å². The lowest BCUT2D eigenvalue weighted by Crippen LogP contribution is -2.24. The van der Waals surface area contributed by atoms with Crippen LogP contribution >= 0.6 is 0 Å². The molecule has 0 fully saturated rings. The predicted octanol–water partition coefficient (Wildman–Crippen LogP) is 1.07. The molecule has 0 amide bonds. The third kappa shape index (κ3) is 2.22. The molecular weight excluding hydrogens is 298 g/mol. The van der Waals surface area contributed by atoms with Crippen molar-refractivity contribution < 1.29 is 9.53 Å². The number of carbonyl (C=O) groups is 1. The van der Waals surface area contributed by atoms with Crippen molar-refractivity contribution in [1.82, 2.24) is 24.7 Å². The van der Waals surface area contributed by atoms with Crippen LogP contribution in [0.15, 0.2) is 24.3 Å². The first-order chi connectivity index (χ1) is 11.3. The highest BCUT2D eigenvalue weighted by atomic mass is 16.5. The van der Waals surface area contributed by atoms with Crippen LogP contribution in [0.1, 0.15) is 12.7 Å². The van der Waals surface area contributed by atoms with Gasteiger partial charge in [0, 0.05) is 0 Å². The summed E-state index contributed by atoms with van der Waals surface area (Å²) in [6, 6.07) is 7.55. The summed E-state index contributed by atoms with van der Waals surface area (Å²) < 4.78 is 6.64. The molecule has 0 spiro atoms. The monoisotopic (exact) mass is 311 g/mol. The first-order valence-electron chi connectivity index (χ1n) is 7.15. The Morgan fingerprint density at radius 2 is 1.96 bits per heavy atom. The number of benzene rings is 1. The number of aromatic nitrogens is 5. The highest BCUT2D eigenvalue weighted by molar-refractivity contribution is 5.80. The molecule has 1 aliphatic heterocycles. The number of hydrogen-bond acceptors (Lipinski definition) is 8. The topological polar surface area (TPSA) is 107 Å². The molecule has 3 heterocycles. The zero-order valence-corrected chi connectivity index (χ0v) is 12.3. The number of fused-ring (bicyclic) bond motifs is 4. The molecule has 1 aliphatic rings. The SMILES string of the molecule is CCOC(=O)Cc1nnc2n1-c1nc3ccccc3nc1NN2. The average molecular weight is 311 g/mol. The first kappa shape index (κ1) is 13.4. The van der Waals surface area contributed by atoms with E-state index in [1.54, 1.807) is 11.5 Å². The molecule has 9 nitrogen and oxygen atoms in total. The molecule has 2 N–H and O–H groups in total. The number of carbonyl (C=O) groups excluding carboxylic acids is 1. The van der Waals surface area contributed by atoms with E-state index in [1.807, 2.05) is 24.3 Å². The van der Waals surface area contributed by atoms with Crippen molar-refractivity contribution in [3.05, 3.63) is 30.1 Å². The predicted molar refractivity (Wildman–Crippen MR) is 82.0 cm³/mol. The molecule has 0 saturated heterocycles. The summed E-state index contributed by atoms with van der Waals surface area (Å²) in [5.41, 5.74) is 7.35. The third-order valence-corrected chi connectivity index (χ3v) is 3.39. The molecule has 0 unspecified atom stereocenters. The lowest BCUT2D eigenvalue weighted by molar-refractivity contribution is -0.142. The average Bonchev–Trinajstić information content (AvgIpc) is 2.96. The molecule has 116 valence electrons. The fourth-order valence-electron chi connectivity index (χ4n) is 2.42. The molecule has 0 saturated carbocycles. The largest absolute Gasteiger partial charge is 0.466 e. The summed E-state index contributed by atoms with van der Waals surface area (Å²) in [5, 5.41) is 8.05. The van der Waals surface area contributed by atoms with Gasteiger partial charge >= 0.3 is 5.97 Å². The zero-order valence-electron chi connectivity index (χ0n) is 12.3. The Morgan fingerprint density at radius 3 is 2.74 bits per heavy atom. The van der Waals surface area contributed by atoms with Crippen molar-refractivity contribution in [1.29, 1.82) is 0 Å². The van der Waals surface area contributed by atoms with Crippen LogP contribution in [0.25, 0.3) is 16.9 Å². The summed E-state index contributed by atoms with van der Waals surface area (Å²) in [5.74, 6) is 1.61. The van der Waals surface area contributed by atoms with Crippen molar-refractivity contribution in [3.63, 3.8) is 0 Å². The van der Waals surface area contributed by atoms with E-state index in [2.05, 4.69) is 31.0 Å². The highest BCUT2D eigenvalue weighted by Gasteiger charge is 2.25. The van der Waals surface area contributed by atoms with Crippen molar-refractivity contribution >= 4 is 28.8 Å². The zero-order chi connectivity index (χ0) is 15.8. The molecule has 3 aromatic rings. The molecule has 23 heavy (non-hydrogen) atoms. The van der Waals surface area contributed by atoms with Gasteiger partial charge in [-0.05, 0) is 19.1 Å². The molecule has 4 rings (SSSR count). The lowest BCUT2D eigenvalue weighted by atomic mass is 10.3. The van der Waals surface area contributed by atoms with Crippen LogP contribution in [0.5, 0.6) is 0 Å². The number of ether oxygens (including phenoxy) is 1. The maximum Gasteiger partial charge on any atom is 0.313 e. The van der Waals surface area contributed by atoms with Gasteiger partial charge < -0.3 is 4.74 Å². The number of nitrogens with one attached hydrogen (secondary N) is 2. The smallest absolute Gasteiger partial charge is 0.313 e. The Balaban J connectivity index is 1.83. The van der Waals surface area contributed by atoms with E-state index in [1.165, 1.54) is 0 Å². The van der Waals surface area contributed by atoms with Gasteiger partial charge in [-0.1, -0.05) is 12.1 Å². The van der Waals surface area contributed by atoms with E-state index >= 15 is 0 Å². The van der Waals surface area contributed by atoms with Crippen LogP contribution in [-0.2, 0) is 16.0 Å². The van der Waals surface area contributed by atoms with E-state index in [0.717, 1.165) is 11.0 Å². The number of nitrogens with zero attached hydrogens (tertiary/aromatic N) is 5. The summed E-state index contributed by atoms with van der Waals surface area (Å²) in [6.45, 7) is 2.08. The van der Waals surface area contributed by atoms with Crippen LogP contribution < -0.4 is 10.9 Å². The number of hydrazine groups is 1. The molecule has 0 aliphatic carbocycles. The van der Waals surface area contributed by atoms with Gasteiger partial charge in [0.25, 0.3) is 0 Å². The number of esters is 1. The van der Waals surface area contributed by atoms with Gasteiger partial charge in [0.15, 0.2) is 17.5 Å². The van der Waals surface area contributed by atoms with E-state index in [0.29, 0.717) is 30.0 Å². The lowest BCUT2D eigenvalue weighted by Gasteiger charge is -2.20. The minimum absolute atomic E-state index is 0.0104. The molecular formula is C14H13N7O2. The first-order valence-corrected chi connectivity index (χ1v) is 7.15. The second-order valence-corrected chi connectivity index (χ2v) is 4.89. The van der Waals surface area contributed by atoms with E-state index in [9.17, 15) is 4.79 Å². The molecule has 0 radical (unpaired) electrons. The van der Waals surface area contributed by atoms with Crippen LogP contribution in [0.3, 0.4) is 0 Å². The molecule has 0 bridgehead atoms. The molecule has 2 aromatic heterocycles. The summed E-state index contributed by atoms with van der Waals surface area (Å²) >= 11 is 0. The summed E-state index contributed by atoms with van der Waals surface area (Å²) in [6.07, 6.45) is 0.0104. The maximum atomic E-state index is 11.7. The van der Waals surface area contributed by atoms with Crippen molar-refractivity contribution in [2.45, 2.75) is 13.3 Å². The summed E-state index contributed by atoms with van der Waals surface area (Å²) in [7, 11) is 0.